The summed E-state index contributed by atoms with van der Waals surface area (Å²) < 4.78 is 0. The molecule has 0 heterocycles. The fourth-order valence-corrected chi connectivity index (χ4v) is 1.69. The number of amides is 1. The van der Waals surface area contributed by atoms with Gasteiger partial charge in [0.1, 0.15) is 6.04 Å². The number of rotatable bonds is 6. The van der Waals surface area contributed by atoms with Gasteiger partial charge in [-0.2, -0.15) is 0 Å². The molecule has 1 aromatic carbocycles. The van der Waals surface area contributed by atoms with Gasteiger partial charge in [-0.15, -0.1) is 12.4 Å². The molecule has 0 saturated heterocycles. The number of aliphatic hydroxyl groups is 1. The average Bonchev–Trinajstić information content (AvgIpc) is 2.36. The third kappa shape index (κ3) is 6.05. The summed E-state index contributed by atoms with van der Waals surface area (Å²) in [6.07, 6.45) is 1.07. The molecule has 19 heavy (non-hydrogen) atoms. The summed E-state index contributed by atoms with van der Waals surface area (Å²) in [7, 11) is 0. The minimum atomic E-state index is -0.681. The van der Waals surface area contributed by atoms with Crippen LogP contribution >= 0.6 is 12.4 Å². The summed E-state index contributed by atoms with van der Waals surface area (Å²) in [6.45, 7) is 4.23. The predicted molar refractivity (Wildman–Crippen MR) is 79.3 cm³/mol. The zero-order valence-electron chi connectivity index (χ0n) is 11.4. The lowest BCUT2D eigenvalue weighted by atomic mass is 10.1. The second-order valence-electron chi connectivity index (χ2n) is 4.58. The molecule has 4 nitrogen and oxygen atoms in total. The molecule has 1 rings (SSSR count). The maximum Gasteiger partial charge on any atom is 0.241 e. The molecule has 0 fully saturated rings. The maximum absolute atomic E-state index is 11.8. The smallest absolute Gasteiger partial charge is 0.241 e. The summed E-state index contributed by atoms with van der Waals surface area (Å²) in [5.41, 5.74) is 7.77. The van der Waals surface area contributed by atoms with E-state index in [2.05, 4.69) is 5.32 Å². The molecule has 1 aromatic rings. The monoisotopic (exact) mass is 286 g/mol. The summed E-state index contributed by atoms with van der Waals surface area (Å²) in [6, 6.07) is 6.87. The summed E-state index contributed by atoms with van der Waals surface area (Å²) >= 11 is 0. The molecule has 0 aromatic heterocycles. The molecule has 1 amide bonds. The summed E-state index contributed by atoms with van der Waals surface area (Å²) in [4.78, 5) is 11.8. The van der Waals surface area contributed by atoms with Crippen molar-refractivity contribution in [3.63, 3.8) is 0 Å². The average molecular weight is 287 g/mol. The van der Waals surface area contributed by atoms with E-state index in [0.29, 0.717) is 6.42 Å². The zero-order chi connectivity index (χ0) is 13.5. The van der Waals surface area contributed by atoms with Gasteiger partial charge in [-0.3, -0.25) is 4.79 Å². The van der Waals surface area contributed by atoms with E-state index in [1.807, 2.05) is 38.1 Å². The number of carbonyl (C=O) groups excluding carboxylic acids is 1. The SMILES string of the molecule is CCCC(O)CNC(=O)C(N)c1ccc(C)cc1.Cl. The Kier molecular flexibility index (Phi) is 8.39. The van der Waals surface area contributed by atoms with Crippen molar-refractivity contribution in [2.45, 2.75) is 38.8 Å². The van der Waals surface area contributed by atoms with Crippen molar-refractivity contribution in [3.8, 4) is 0 Å². The van der Waals surface area contributed by atoms with Gasteiger partial charge in [-0.05, 0) is 18.9 Å². The molecule has 0 radical (unpaired) electrons. The van der Waals surface area contributed by atoms with Gasteiger partial charge in [0.15, 0.2) is 0 Å². The predicted octanol–water partition coefficient (Wildman–Crippen LogP) is 1.69. The van der Waals surface area contributed by atoms with Gasteiger partial charge in [-0.1, -0.05) is 43.2 Å². The van der Waals surface area contributed by atoms with Crippen molar-refractivity contribution in [1.29, 1.82) is 0 Å². The molecule has 108 valence electrons. The molecule has 2 atom stereocenters. The van der Waals surface area contributed by atoms with Gasteiger partial charge in [0.2, 0.25) is 5.91 Å². The number of aryl methyl sites for hydroxylation is 1. The molecule has 0 saturated carbocycles. The van der Waals surface area contributed by atoms with Gasteiger partial charge in [0.25, 0.3) is 0 Å². The highest BCUT2D eigenvalue weighted by Crippen LogP contribution is 2.11. The van der Waals surface area contributed by atoms with Crippen LogP contribution in [0.5, 0.6) is 0 Å². The van der Waals surface area contributed by atoms with Crippen LogP contribution in [-0.2, 0) is 4.79 Å². The van der Waals surface area contributed by atoms with Crippen molar-refractivity contribution < 1.29 is 9.90 Å². The largest absolute Gasteiger partial charge is 0.391 e. The highest BCUT2D eigenvalue weighted by Gasteiger charge is 2.16. The Morgan fingerprint density at radius 1 is 1.37 bits per heavy atom. The van der Waals surface area contributed by atoms with Crippen LogP contribution < -0.4 is 11.1 Å². The second-order valence-corrected chi connectivity index (χ2v) is 4.58. The molecule has 5 heteroatoms. The van der Waals surface area contributed by atoms with Gasteiger partial charge >= 0.3 is 0 Å². The molecule has 0 aliphatic carbocycles. The van der Waals surface area contributed by atoms with Crippen molar-refractivity contribution in [1.82, 2.24) is 5.32 Å². The number of nitrogens with two attached hydrogens (primary N) is 1. The van der Waals surface area contributed by atoms with E-state index >= 15 is 0 Å². The van der Waals surface area contributed by atoms with Crippen LogP contribution in [0, 0.1) is 6.92 Å². The first-order chi connectivity index (χ1) is 8.54. The number of hydrogen-bond acceptors (Lipinski definition) is 3. The van der Waals surface area contributed by atoms with Gasteiger partial charge < -0.3 is 16.2 Å². The highest BCUT2D eigenvalue weighted by molar-refractivity contribution is 5.85. The molecule has 2 unspecified atom stereocenters. The van der Waals surface area contributed by atoms with Crippen molar-refractivity contribution in [3.05, 3.63) is 35.4 Å². The van der Waals surface area contributed by atoms with Crippen LogP contribution in [0.4, 0.5) is 0 Å². The van der Waals surface area contributed by atoms with Crippen molar-refractivity contribution >= 4 is 18.3 Å². The fraction of sp³-hybridized carbons (Fsp3) is 0.500. The standard InChI is InChI=1S/C14H22N2O2.ClH/c1-3-4-12(17)9-16-14(18)13(15)11-7-5-10(2)6-8-11;/h5-8,12-13,17H,3-4,9,15H2,1-2H3,(H,16,18);1H. The molecule has 0 aliphatic heterocycles. The minimum absolute atomic E-state index is 0. The van der Waals surface area contributed by atoms with Crippen LogP contribution in [0.3, 0.4) is 0 Å². The van der Waals surface area contributed by atoms with E-state index in [4.69, 9.17) is 5.73 Å². The highest BCUT2D eigenvalue weighted by atomic mass is 35.5. The van der Waals surface area contributed by atoms with Crippen LogP contribution in [0.1, 0.15) is 36.9 Å². The van der Waals surface area contributed by atoms with Crippen molar-refractivity contribution in [2.75, 3.05) is 6.54 Å². The molecule has 0 bridgehead atoms. The van der Waals surface area contributed by atoms with Gasteiger partial charge in [0.05, 0.1) is 6.10 Å². The Labute approximate surface area is 120 Å². The topological polar surface area (TPSA) is 75.3 Å². The molecule has 4 N–H and O–H groups in total. The molecular formula is C14H23ClN2O2. The maximum atomic E-state index is 11.8. The number of benzene rings is 1. The first-order valence-corrected chi connectivity index (χ1v) is 6.32. The Morgan fingerprint density at radius 2 is 1.95 bits per heavy atom. The Morgan fingerprint density at radius 3 is 2.47 bits per heavy atom. The number of halogens is 1. The lowest BCUT2D eigenvalue weighted by Gasteiger charge is -2.15. The van der Waals surface area contributed by atoms with E-state index in [9.17, 15) is 9.90 Å². The third-order valence-electron chi connectivity index (χ3n) is 2.85. The quantitative estimate of drug-likeness (QED) is 0.745. The first kappa shape index (κ1) is 17.9. The zero-order valence-corrected chi connectivity index (χ0v) is 12.2. The van der Waals surface area contributed by atoms with E-state index < -0.39 is 12.1 Å². The second kappa shape index (κ2) is 8.91. The van der Waals surface area contributed by atoms with Crippen LogP contribution in [0.15, 0.2) is 24.3 Å². The lowest BCUT2D eigenvalue weighted by Crippen LogP contribution is -2.38. The van der Waals surface area contributed by atoms with E-state index in [1.54, 1.807) is 0 Å². The Bertz CT molecular complexity index is 382. The number of aliphatic hydroxyl groups excluding tert-OH is 1. The molecule has 0 spiro atoms. The van der Waals surface area contributed by atoms with Gasteiger partial charge in [-0.25, -0.2) is 0 Å². The summed E-state index contributed by atoms with van der Waals surface area (Å²) in [5.74, 6) is -0.256. The van der Waals surface area contributed by atoms with Crippen LogP contribution in [-0.4, -0.2) is 23.7 Å². The normalized spacial score (nSPS) is 13.3. The fourth-order valence-electron chi connectivity index (χ4n) is 1.69. The number of carbonyl (C=O) groups is 1. The van der Waals surface area contributed by atoms with E-state index in [0.717, 1.165) is 17.5 Å². The third-order valence-corrected chi connectivity index (χ3v) is 2.85. The lowest BCUT2D eigenvalue weighted by molar-refractivity contribution is -0.123. The Balaban J connectivity index is 0.00000324. The van der Waals surface area contributed by atoms with Crippen LogP contribution in [0.25, 0.3) is 0 Å². The summed E-state index contributed by atoms with van der Waals surface area (Å²) in [5, 5.41) is 12.2. The minimum Gasteiger partial charge on any atom is -0.391 e. The van der Waals surface area contributed by atoms with Crippen molar-refractivity contribution in [2.24, 2.45) is 5.73 Å². The van der Waals surface area contributed by atoms with E-state index in [-0.39, 0.29) is 24.9 Å². The first-order valence-electron chi connectivity index (χ1n) is 6.32. The van der Waals surface area contributed by atoms with E-state index in [1.165, 1.54) is 0 Å². The number of hydrogen-bond donors (Lipinski definition) is 3. The molecule has 0 aliphatic rings. The Hall–Kier alpha value is -1.10. The number of nitrogens with one attached hydrogen (secondary N) is 1. The molecular weight excluding hydrogens is 264 g/mol. The van der Waals surface area contributed by atoms with Gasteiger partial charge in [0, 0.05) is 6.54 Å². The van der Waals surface area contributed by atoms with Crippen LogP contribution in [0.2, 0.25) is 0 Å².